The SMILES string of the molecule is CN(CC(=O)N1CCC(C(=O)O)CC1)C(=O)CCC1CCCCO1. The Labute approximate surface area is 142 Å². The van der Waals surface area contributed by atoms with Crippen molar-refractivity contribution in [3.05, 3.63) is 0 Å². The van der Waals surface area contributed by atoms with Crippen molar-refractivity contribution >= 4 is 17.8 Å². The Morgan fingerprint density at radius 2 is 1.88 bits per heavy atom. The molecular formula is C17H28N2O5. The summed E-state index contributed by atoms with van der Waals surface area (Å²) in [7, 11) is 1.64. The standard InChI is InChI=1S/C17H28N2O5/c1-18(15(20)6-5-14-4-2-3-11-24-14)12-16(21)19-9-7-13(8-10-19)17(22)23/h13-14H,2-12H2,1H3,(H,22,23). The van der Waals surface area contributed by atoms with Gasteiger partial charge in [-0.05, 0) is 38.5 Å². The van der Waals surface area contributed by atoms with Gasteiger partial charge in [-0.1, -0.05) is 0 Å². The molecule has 2 fully saturated rings. The summed E-state index contributed by atoms with van der Waals surface area (Å²) in [6.07, 6.45) is 5.50. The van der Waals surface area contributed by atoms with E-state index in [0.717, 1.165) is 25.9 Å². The third kappa shape index (κ3) is 5.47. The van der Waals surface area contributed by atoms with Gasteiger partial charge in [-0.15, -0.1) is 0 Å². The molecule has 0 radical (unpaired) electrons. The number of aliphatic carboxylic acids is 1. The van der Waals surface area contributed by atoms with Crippen molar-refractivity contribution < 1.29 is 24.2 Å². The van der Waals surface area contributed by atoms with Gasteiger partial charge in [-0.25, -0.2) is 0 Å². The van der Waals surface area contributed by atoms with E-state index in [1.54, 1.807) is 11.9 Å². The summed E-state index contributed by atoms with van der Waals surface area (Å²) >= 11 is 0. The molecule has 2 amide bonds. The molecule has 0 aliphatic carbocycles. The minimum Gasteiger partial charge on any atom is -0.481 e. The van der Waals surface area contributed by atoms with Crippen molar-refractivity contribution in [1.29, 1.82) is 0 Å². The third-order valence-corrected chi connectivity index (χ3v) is 4.95. The van der Waals surface area contributed by atoms with Crippen molar-refractivity contribution in [2.45, 2.75) is 51.0 Å². The summed E-state index contributed by atoms with van der Waals surface area (Å²) in [5.41, 5.74) is 0. The Morgan fingerprint density at radius 1 is 1.17 bits per heavy atom. The maximum Gasteiger partial charge on any atom is 0.306 e. The second-order valence-electron chi connectivity index (χ2n) is 6.77. The molecule has 0 spiro atoms. The summed E-state index contributed by atoms with van der Waals surface area (Å²) in [5, 5.41) is 8.98. The van der Waals surface area contributed by atoms with E-state index < -0.39 is 5.97 Å². The van der Waals surface area contributed by atoms with Crippen LogP contribution in [0.15, 0.2) is 0 Å². The fourth-order valence-electron chi connectivity index (χ4n) is 3.28. The second-order valence-corrected chi connectivity index (χ2v) is 6.77. The maximum absolute atomic E-state index is 12.3. The number of carbonyl (C=O) groups is 3. The number of ether oxygens (including phenoxy) is 1. The molecule has 24 heavy (non-hydrogen) atoms. The Kier molecular flexibility index (Phi) is 7.02. The molecule has 2 aliphatic heterocycles. The third-order valence-electron chi connectivity index (χ3n) is 4.95. The van der Waals surface area contributed by atoms with Crippen LogP contribution in [0.4, 0.5) is 0 Å². The number of carboxylic acids is 1. The first-order chi connectivity index (χ1) is 11.5. The van der Waals surface area contributed by atoms with E-state index in [1.165, 1.54) is 4.90 Å². The number of nitrogens with zero attached hydrogens (tertiary/aromatic N) is 2. The average molecular weight is 340 g/mol. The summed E-state index contributed by atoms with van der Waals surface area (Å²) < 4.78 is 5.62. The molecule has 0 bridgehead atoms. The lowest BCUT2D eigenvalue weighted by Gasteiger charge is -2.31. The zero-order valence-corrected chi connectivity index (χ0v) is 14.4. The summed E-state index contributed by atoms with van der Waals surface area (Å²) in [5.74, 6) is -1.30. The lowest BCUT2D eigenvalue weighted by atomic mass is 9.97. The Balaban J connectivity index is 1.68. The largest absolute Gasteiger partial charge is 0.481 e. The molecule has 0 aromatic carbocycles. The topological polar surface area (TPSA) is 87.2 Å². The van der Waals surface area contributed by atoms with Gasteiger partial charge in [-0.2, -0.15) is 0 Å². The first-order valence-corrected chi connectivity index (χ1v) is 8.83. The number of carbonyl (C=O) groups excluding carboxylic acids is 2. The van der Waals surface area contributed by atoms with Crippen molar-refractivity contribution in [2.24, 2.45) is 5.92 Å². The molecule has 2 rings (SSSR count). The van der Waals surface area contributed by atoms with Gasteiger partial charge in [0.1, 0.15) is 0 Å². The molecule has 0 aromatic rings. The average Bonchev–Trinajstić information content (AvgIpc) is 2.60. The molecular weight excluding hydrogens is 312 g/mol. The molecule has 1 unspecified atom stereocenters. The number of piperidine rings is 1. The molecule has 0 saturated carbocycles. The maximum atomic E-state index is 12.3. The molecule has 2 saturated heterocycles. The highest BCUT2D eigenvalue weighted by molar-refractivity contribution is 5.84. The van der Waals surface area contributed by atoms with Crippen molar-refractivity contribution in [3.63, 3.8) is 0 Å². The fourth-order valence-corrected chi connectivity index (χ4v) is 3.28. The van der Waals surface area contributed by atoms with Gasteiger partial charge in [0.25, 0.3) is 0 Å². The second kappa shape index (κ2) is 9.01. The van der Waals surface area contributed by atoms with E-state index in [9.17, 15) is 14.4 Å². The number of hydrogen-bond acceptors (Lipinski definition) is 4. The van der Waals surface area contributed by atoms with Crippen LogP contribution in [0.5, 0.6) is 0 Å². The normalized spacial score (nSPS) is 22.2. The van der Waals surface area contributed by atoms with E-state index in [-0.39, 0.29) is 30.4 Å². The number of rotatable bonds is 6. The van der Waals surface area contributed by atoms with Crippen molar-refractivity contribution in [3.8, 4) is 0 Å². The zero-order chi connectivity index (χ0) is 17.5. The van der Waals surface area contributed by atoms with Crippen molar-refractivity contribution in [2.75, 3.05) is 33.3 Å². The van der Waals surface area contributed by atoms with Gasteiger partial charge in [0, 0.05) is 33.2 Å². The van der Waals surface area contributed by atoms with E-state index in [4.69, 9.17) is 9.84 Å². The van der Waals surface area contributed by atoms with E-state index in [1.807, 2.05) is 0 Å². The van der Waals surface area contributed by atoms with Gasteiger partial charge >= 0.3 is 5.97 Å². The molecule has 136 valence electrons. The fraction of sp³-hybridized carbons (Fsp3) is 0.824. The van der Waals surface area contributed by atoms with Gasteiger partial charge in [0.15, 0.2) is 0 Å². The van der Waals surface area contributed by atoms with E-state index >= 15 is 0 Å². The van der Waals surface area contributed by atoms with Gasteiger partial charge in [0.2, 0.25) is 11.8 Å². The minimum absolute atomic E-state index is 0.0436. The number of hydrogen-bond donors (Lipinski definition) is 1. The lowest BCUT2D eigenvalue weighted by Crippen LogP contribution is -2.45. The molecule has 7 nitrogen and oxygen atoms in total. The number of carboxylic acid groups (broad SMARTS) is 1. The Morgan fingerprint density at radius 3 is 2.46 bits per heavy atom. The van der Waals surface area contributed by atoms with Crippen LogP contribution in [-0.2, 0) is 19.1 Å². The molecule has 1 N–H and O–H groups in total. The van der Waals surface area contributed by atoms with E-state index in [2.05, 4.69) is 0 Å². The zero-order valence-electron chi connectivity index (χ0n) is 14.4. The van der Waals surface area contributed by atoms with Crippen LogP contribution in [0, 0.1) is 5.92 Å². The minimum atomic E-state index is -0.792. The number of likely N-dealkylation sites (N-methyl/N-ethyl adjacent to an activating group) is 1. The van der Waals surface area contributed by atoms with Crippen molar-refractivity contribution in [1.82, 2.24) is 9.80 Å². The lowest BCUT2D eigenvalue weighted by molar-refractivity contribution is -0.146. The highest BCUT2D eigenvalue weighted by atomic mass is 16.5. The van der Waals surface area contributed by atoms with Crippen LogP contribution in [-0.4, -0.2) is 72.1 Å². The molecule has 2 aliphatic rings. The predicted molar refractivity (Wildman–Crippen MR) is 87.4 cm³/mol. The number of likely N-dealkylation sites (tertiary alicyclic amines) is 1. The summed E-state index contributed by atoms with van der Waals surface area (Å²) in [4.78, 5) is 38.5. The monoisotopic (exact) mass is 340 g/mol. The van der Waals surface area contributed by atoms with Crippen LogP contribution in [0.2, 0.25) is 0 Å². The quantitative estimate of drug-likeness (QED) is 0.783. The highest BCUT2D eigenvalue weighted by Gasteiger charge is 2.28. The highest BCUT2D eigenvalue weighted by Crippen LogP contribution is 2.19. The van der Waals surface area contributed by atoms with E-state index in [0.29, 0.717) is 38.8 Å². The molecule has 2 heterocycles. The first-order valence-electron chi connectivity index (χ1n) is 8.83. The number of amides is 2. The van der Waals surface area contributed by atoms with Crippen LogP contribution in [0.3, 0.4) is 0 Å². The Hall–Kier alpha value is -1.63. The van der Waals surface area contributed by atoms with Gasteiger partial charge < -0.3 is 19.6 Å². The summed E-state index contributed by atoms with van der Waals surface area (Å²) in [6.45, 7) is 1.74. The molecule has 7 heteroatoms. The van der Waals surface area contributed by atoms with Crippen LogP contribution in [0.1, 0.15) is 44.9 Å². The van der Waals surface area contributed by atoms with Gasteiger partial charge in [0.05, 0.1) is 18.6 Å². The smallest absolute Gasteiger partial charge is 0.306 e. The predicted octanol–water partition coefficient (Wildman–Crippen LogP) is 1.12. The first kappa shape index (κ1) is 18.7. The molecule has 0 aromatic heterocycles. The molecule has 1 atom stereocenters. The van der Waals surface area contributed by atoms with Crippen LogP contribution >= 0.6 is 0 Å². The van der Waals surface area contributed by atoms with Crippen LogP contribution < -0.4 is 0 Å². The van der Waals surface area contributed by atoms with Crippen LogP contribution in [0.25, 0.3) is 0 Å². The summed E-state index contributed by atoms with van der Waals surface area (Å²) in [6, 6.07) is 0. The van der Waals surface area contributed by atoms with Gasteiger partial charge in [-0.3, -0.25) is 14.4 Å². The Bertz CT molecular complexity index is 454.